The van der Waals surface area contributed by atoms with E-state index in [1.54, 1.807) is 0 Å². The molecule has 0 bridgehead atoms. The third-order valence-corrected chi connectivity index (χ3v) is 8.89. The van der Waals surface area contributed by atoms with Gasteiger partial charge >= 0.3 is 14.5 Å². The molecule has 1 heterocycles. The summed E-state index contributed by atoms with van der Waals surface area (Å²) in [5, 5.41) is 8.56. The summed E-state index contributed by atoms with van der Waals surface area (Å²) in [5.74, 6) is -0.651. The Bertz CT molecular complexity index is 428. The van der Waals surface area contributed by atoms with Crippen molar-refractivity contribution in [3.8, 4) is 0 Å². The minimum Gasteiger partial charge on any atom is -0.481 e. The predicted molar refractivity (Wildman–Crippen MR) is 144 cm³/mol. The van der Waals surface area contributed by atoms with Crippen molar-refractivity contribution in [3.63, 3.8) is 0 Å². The molecule has 33 heavy (non-hydrogen) atoms. The van der Waals surface area contributed by atoms with Crippen LogP contribution in [0.5, 0.6) is 0 Å². The van der Waals surface area contributed by atoms with E-state index in [0.717, 1.165) is 31.7 Å². The molecule has 198 valence electrons. The van der Waals surface area contributed by atoms with Crippen LogP contribution >= 0.6 is 0 Å². The first-order valence-electron chi connectivity index (χ1n) is 14.5. The Labute approximate surface area is 207 Å². The van der Waals surface area contributed by atoms with Crippen LogP contribution in [0.4, 0.5) is 0 Å². The molecule has 2 N–H and O–H groups in total. The fourth-order valence-electron chi connectivity index (χ4n) is 4.62. The highest BCUT2D eigenvalue weighted by molar-refractivity contribution is 6.64. The van der Waals surface area contributed by atoms with Crippen LogP contribution in [0.3, 0.4) is 0 Å². The number of carbonyl (C=O) groups is 1. The first-order chi connectivity index (χ1) is 15.9. The van der Waals surface area contributed by atoms with Gasteiger partial charge in [-0.25, -0.2) is 0 Å². The average Bonchev–Trinajstić information content (AvgIpc) is 2.74. The molecule has 1 aliphatic rings. The average molecular weight is 487 g/mol. The Morgan fingerprint density at radius 2 is 1.12 bits per heavy atom. The molecule has 5 heteroatoms. The maximum Gasteiger partial charge on any atom is 0.332 e. The molecule has 1 rings (SSSR count). The van der Waals surface area contributed by atoms with E-state index >= 15 is 0 Å². The van der Waals surface area contributed by atoms with Crippen LogP contribution in [0, 0.1) is 0 Å². The number of carboxylic acids is 1. The van der Waals surface area contributed by atoms with Crippen LogP contribution in [0.2, 0.25) is 12.6 Å². The van der Waals surface area contributed by atoms with Crippen LogP contribution in [0.1, 0.15) is 155 Å². The number of unbranched alkanes of at least 4 members (excludes halogenated alkanes) is 18. The molecule has 1 fully saturated rings. The topological polar surface area (TPSA) is 66.8 Å². The molecule has 1 aliphatic heterocycles. The van der Waals surface area contributed by atoms with E-state index in [4.69, 9.17) is 9.53 Å². The lowest BCUT2D eigenvalue weighted by atomic mass is 10.0. The van der Waals surface area contributed by atoms with E-state index in [9.17, 15) is 9.59 Å². The van der Waals surface area contributed by atoms with E-state index in [-0.39, 0.29) is 0 Å². The molecule has 2 atom stereocenters. The molecule has 1 saturated heterocycles. The van der Waals surface area contributed by atoms with Crippen molar-refractivity contribution in [2.24, 2.45) is 0 Å². The Morgan fingerprint density at radius 3 is 1.39 bits per heavy atom. The van der Waals surface area contributed by atoms with E-state index < -0.39 is 14.5 Å². The van der Waals surface area contributed by atoms with Gasteiger partial charge in [-0.15, -0.1) is 0 Å². The Hall–Kier alpha value is -0.393. The molecule has 0 spiro atoms. The van der Waals surface area contributed by atoms with Gasteiger partial charge in [-0.05, 0) is 38.8 Å². The second kappa shape index (κ2) is 23.4. The summed E-state index contributed by atoms with van der Waals surface area (Å²) in [4.78, 5) is 19.8. The summed E-state index contributed by atoms with van der Waals surface area (Å²) < 4.78 is 5.37. The highest BCUT2D eigenvalue weighted by Gasteiger charge is 2.32. The van der Waals surface area contributed by atoms with Crippen LogP contribution < -0.4 is 0 Å². The van der Waals surface area contributed by atoms with Crippen molar-refractivity contribution in [2.75, 3.05) is 0 Å². The van der Waals surface area contributed by atoms with Crippen molar-refractivity contribution >= 4 is 14.5 Å². The highest BCUT2D eigenvalue weighted by atomic mass is 28.4. The van der Waals surface area contributed by atoms with Gasteiger partial charge in [-0.1, -0.05) is 122 Å². The van der Waals surface area contributed by atoms with Crippen molar-refractivity contribution in [2.45, 2.75) is 174 Å². The fraction of sp³-hybridized carbons (Fsp3) is 0.964. The fourth-order valence-corrected chi connectivity index (χ4v) is 6.59. The van der Waals surface area contributed by atoms with Crippen molar-refractivity contribution in [1.82, 2.24) is 0 Å². The molecule has 0 radical (unpaired) electrons. The monoisotopic (exact) mass is 486 g/mol. The number of rotatable bonds is 20. The predicted octanol–water partition coefficient (Wildman–Crippen LogP) is 9.14. The lowest BCUT2D eigenvalue weighted by Gasteiger charge is -2.30. The third-order valence-electron chi connectivity index (χ3n) is 6.70. The summed E-state index contributed by atoms with van der Waals surface area (Å²) in [6, 6.07) is 0.914. The van der Waals surface area contributed by atoms with Crippen LogP contribution in [-0.4, -0.2) is 30.5 Å². The van der Waals surface area contributed by atoms with Crippen molar-refractivity contribution in [1.29, 1.82) is 0 Å². The molecule has 4 nitrogen and oxygen atoms in total. The second-order valence-corrected chi connectivity index (χ2v) is 13.6. The Morgan fingerprint density at radius 1 is 0.758 bits per heavy atom. The number of hydrogen-bond donors (Lipinski definition) is 2. The molecule has 0 aromatic carbocycles. The Kier molecular flexibility index (Phi) is 23.1. The minimum atomic E-state index is -2.15. The quantitative estimate of drug-likeness (QED) is 0.133. The van der Waals surface area contributed by atoms with Gasteiger partial charge < -0.3 is 14.3 Å². The number of hydrogen-bond acceptors (Lipinski definition) is 3. The summed E-state index contributed by atoms with van der Waals surface area (Å²) >= 11 is 0. The first-order valence-corrected chi connectivity index (χ1v) is 17.1. The van der Waals surface area contributed by atoms with Crippen molar-refractivity contribution < 1.29 is 19.1 Å². The van der Waals surface area contributed by atoms with E-state index in [1.807, 2.05) is 13.5 Å². The van der Waals surface area contributed by atoms with Gasteiger partial charge in [-0.2, -0.15) is 0 Å². The largest absolute Gasteiger partial charge is 0.481 e. The summed E-state index contributed by atoms with van der Waals surface area (Å²) in [5.41, 5.74) is 0. The van der Waals surface area contributed by atoms with Gasteiger partial charge in [0.15, 0.2) is 0 Å². The highest BCUT2D eigenvalue weighted by Crippen LogP contribution is 2.22. The zero-order valence-electron chi connectivity index (χ0n) is 22.6. The Balaban J connectivity index is 0.000000938. The zero-order chi connectivity index (χ0) is 24.6. The van der Waals surface area contributed by atoms with E-state index in [0.29, 0.717) is 12.5 Å². The first kappa shape index (κ1) is 32.6. The van der Waals surface area contributed by atoms with Crippen molar-refractivity contribution in [3.05, 3.63) is 0 Å². The maximum absolute atomic E-state index is 10.4. The van der Waals surface area contributed by atoms with Gasteiger partial charge in [-0.3, -0.25) is 4.79 Å². The summed E-state index contributed by atoms with van der Waals surface area (Å²) in [7, 11) is -2.15. The van der Waals surface area contributed by atoms with Crippen LogP contribution in [0.15, 0.2) is 0 Å². The van der Waals surface area contributed by atoms with Gasteiger partial charge in [0.2, 0.25) is 0 Å². The van der Waals surface area contributed by atoms with Gasteiger partial charge in [0, 0.05) is 12.5 Å². The maximum atomic E-state index is 10.4. The van der Waals surface area contributed by atoms with E-state index in [1.165, 1.54) is 109 Å². The minimum absolute atomic E-state index is 0.292. The van der Waals surface area contributed by atoms with Gasteiger partial charge in [0.05, 0.1) is 0 Å². The summed E-state index contributed by atoms with van der Waals surface area (Å²) in [6.45, 7) is 6.18. The van der Waals surface area contributed by atoms with Gasteiger partial charge in [0.1, 0.15) is 0 Å². The second-order valence-electron chi connectivity index (χ2n) is 10.5. The molecule has 0 aliphatic carbocycles. The SMILES string of the molecule is CC1CCC[Si](C)(O)O1.CCCCCCCCCCCCCCCCCCCCCC(=O)O. The molecule has 0 saturated carbocycles. The molecule has 0 aromatic heterocycles. The van der Waals surface area contributed by atoms with E-state index in [2.05, 4.69) is 6.92 Å². The molecular formula is C28H58O4Si. The molecule has 2 unspecified atom stereocenters. The normalized spacial score (nSPS) is 20.3. The molecule has 0 amide bonds. The number of carboxylic acid groups (broad SMARTS) is 1. The van der Waals surface area contributed by atoms with Crippen LogP contribution in [0.25, 0.3) is 0 Å². The third kappa shape index (κ3) is 26.1. The standard InChI is InChI=1S/C22H44O2.C6H14O2Si/c1-2-3-4-5-6-7-8-9-10-11-12-13-14-15-16-17-18-19-20-21-22(23)24;1-6-4-3-5-9(2,7)8-6/h2-21H2,1H3,(H,23,24);6-7H,3-5H2,1-2H3. The zero-order valence-corrected chi connectivity index (χ0v) is 23.6. The lowest BCUT2D eigenvalue weighted by molar-refractivity contribution is -0.137. The van der Waals surface area contributed by atoms with Gasteiger partial charge in [0.25, 0.3) is 0 Å². The van der Waals surface area contributed by atoms with Crippen LogP contribution in [-0.2, 0) is 9.22 Å². The smallest absolute Gasteiger partial charge is 0.332 e. The number of aliphatic carboxylic acids is 1. The molecule has 0 aromatic rings. The molecular weight excluding hydrogens is 428 g/mol. The summed E-state index contributed by atoms with van der Waals surface area (Å²) in [6.07, 6.45) is 28.6. The lowest BCUT2D eigenvalue weighted by Crippen LogP contribution is -2.41.